The summed E-state index contributed by atoms with van der Waals surface area (Å²) >= 11 is 0. The van der Waals surface area contributed by atoms with Crippen LogP contribution in [0.4, 0.5) is 0 Å². The Morgan fingerprint density at radius 3 is 1.67 bits per heavy atom. The molecule has 0 unspecified atom stereocenters. The molecule has 2 heterocycles. The SMILES string of the molecule is c1ccc(-c2nc(-c3cc4c5c(cccc5c3)-c3ccccc3-4)nc(-c3ccc4ccccc4c3-n3c4ccccc4c4ccccc43)n2)cc1. The van der Waals surface area contributed by atoms with Crippen LogP contribution in [0.5, 0.6) is 0 Å². The average Bonchev–Trinajstić information content (AvgIpc) is 3.71. The molecular formula is C47H28N4. The third kappa shape index (κ3) is 4.17. The van der Waals surface area contributed by atoms with Crippen LogP contribution in [0.2, 0.25) is 0 Å². The van der Waals surface area contributed by atoms with E-state index >= 15 is 0 Å². The molecule has 0 atom stereocenters. The van der Waals surface area contributed by atoms with Gasteiger partial charge in [0.25, 0.3) is 0 Å². The van der Waals surface area contributed by atoms with Gasteiger partial charge in [0.15, 0.2) is 17.5 Å². The van der Waals surface area contributed by atoms with Crippen LogP contribution in [0.25, 0.3) is 105 Å². The summed E-state index contributed by atoms with van der Waals surface area (Å²) in [6, 6.07) is 60.2. The highest BCUT2D eigenvalue weighted by atomic mass is 15.1. The maximum atomic E-state index is 5.36. The third-order valence-corrected chi connectivity index (χ3v) is 10.4. The van der Waals surface area contributed by atoms with E-state index in [1.165, 1.54) is 43.8 Å². The van der Waals surface area contributed by atoms with Gasteiger partial charge in [0.2, 0.25) is 0 Å². The van der Waals surface area contributed by atoms with Crippen molar-refractivity contribution in [3.05, 3.63) is 170 Å². The molecule has 2 aromatic heterocycles. The lowest BCUT2D eigenvalue weighted by molar-refractivity contribution is 1.07. The molecule has 0 saturated heterocycles. The highest BCUT2D eigenvalue weighted by Crippen LogP contribution is 2.48. The largest absolute Gasteiger partial charge is 0.308 e. The van der Waals surface area contributed by atoms with Crippen molar-refractivity contribution in [2.75, 3.05) is 0 Å². The first-order valence-corrected chi connectivity index (χ1v) is 17.3. The Morgan fingerprint density at radius 2 is 0.902 bits per heavy atom. The highest BCUT2D eigenvalue weighted by molar-refractivity contribution is 6.16. The van der Waals surface area contributed by atoms with Crippen LogP contribution >= 0.6 is 0 Å². The summed E-state index contributed by atoms with van der Waals surface area (Å²) in [5, 5.41) is 7.17. The number of fused-ring (bicyclic) bond motifs is 7. The molecule has 0 saturated carbocycles. The Bertz CT molecular complexity index is 2980. The number of hydrogen-bond donors (Lipinski definition) is 0. The Morgan fingerprint density at radius 1 is 0.333 bits per heavy atom. The van der Waals surface area contributed by atoms with Crippen molar-refractivity contribution in [2.24, 2.45) is 0 Å². The van der Waals surface area contributed by atoms with Gasteiger partial charge in [-0.05, 0) is 68.7 Å². The van der Waals surface area contributed by atoms with Gasteiger partial charge >= 0.3 is 0 Å². The Hall–Kier alpha value is -6.91. The minimum atomic E-state index is 0.632. The van der Waals surface area contributed by atoms with Crippen molar-refractivity contribution in [1.82, 2.24) is 19.5 Å². The first kappa shape index (κ1) is 28.0. The zero-order valence-electron chi connectivity index (χ0n) is 27.5. The molecule has 0 fully saturated rings. The first-order valence-electron chi connectivity index (χ1n) is 17.3. The van der Waals surface area contributed by atoms with Gasteiger partial charge in [-0.25, -0.2) is 15.0 Å². The minimum Gasteiger partial charge on any atom is -0.308 e. The molecule has 0 bridgehead atoms. The molecule has 0 spiro atoms. The highest BCUT2D eigenvalue weighted by Gasteiger charge is 2.24. The van der Waals surface area contributed by atoms with E-state index < -0.39 is 0 Å². The van der Waals surface area contributed by atoms with Gasteiger partial charge in [0.05, 0.1) is 16.7 Å². The lowest BCUT2D eigenvalue weighted by atomic mass is 9.99. The maximum absolute atomic E-state index is 5.36. The fourth-order valence-corrected chi connectivity index (χ4v) is 8.13. The summed E-state index contributed by atoms with van der Waals surface area (Å²) in [5.74, 6) is 1.92. The van der Waals surface area contributed by atoms with Crippen molar-refractivity contribution in [2.45, 2.75) is 0 Å². The number of hydrogen-bond acceptors (Lipinski definition) is 3. The van der Waals surface area contributed by atoms with E-state index in [1.54, 1.807) is 0 Å². The van der Waals surface area contributed by atoms with Gasteiger partial charge in [-0.3, -0.25) is 0 Å². The normalized spacial score (nSPS) is 11.9. The molecule has 8 aromatic carbocycles. The van der Waals surface area contributed by atoms with Gasteiger partial charge in [-0.2, -0.15) is 0 Å². The summed E-state index contributed by atoms with van der Waals surface area (Å²) in [5.41, 5.74) is 11.2. The summed E-state index contributed by atoms with van der Waals surface area (Å²) in [6.45, 7) is 0. The zero-order valence-corrected chi connectivity index (χ0v) is 27.5. The quantitative estimate of drug-likeness (QED) is 0.191. The van der Waals surface area contributed by atoms with E-state index in [-0.39, 0.29) is 0 Å². The van der Waals surface area contributed by atoms with Gasteiger partial charge in [-0.15, -0.1) is 0 Å². The first-order chi connectivity index (χ1) is 25.3. The minimum absolute atomic E-state index is 0.632. The van der Waals surface area contributed by atoms with E-state index in [4.69, 9.17) is 15.0 Å². The fraction of sp³-hybridized carbons (Fsp3) is 0. The van der Waals surface area contributed by atoms with Gasteiger partial charge in [-0.1, -0.05) is 140 Å². The number of para-hydroxylation sites is 2. The van der Waals surface area contributed by atoms with E-state index in [2.05, 4.69) is 156 Å². The predicted octanol–water partition coefficient (Wildman–Crippen LogP) is 11.9. The molecule has 0 amide bonds. The second kappa shape index (κ2) is 10.8. The second-order valence-corrected chi connectivity index (χ2v) is 13.2. The van der Waals surface area contributed by atoms with E-state index in [9.17, 15) is 0 Å². The Balaban J connectivity index is 1.23. The van der Waals surface area contributed by atoms with Gasteiger partial charge in [0.1, 0.15) is 0 Å². The molecule has 11 rings (SSSR count). The number of rotatable bonds is 4. The van der Waals surface area contributed by atoms with Gasteiger partial charge < -0.3 is 4.57 Å². The zero-order chi connectivity index (χ0) is 33.5. The lowest BCUT2D eigenvalue weighted by Gasteiger charge is -2.17. The molecular weight excluding hydrogens is 621 g/mol. The second-order valence-electron chi connectivity index (χ2n) is 13.2. The molecule has 4 nitrogen and oxygen atoms in total. The molecule has 10 aromatic rings. The Kier molecular flexibility index (Phi) is 5.92. The van der Waals surface area contributed by atoms with Crippen LogP contribution < -0.4 is 0 Å². The maximum Gasteiger partial charge on any atom is 0.166 e. The fourth-order valence-electron chi connectivity index (χ4n) is 8.13. The van der Waals surface area contributed by atoms with Crippen LogP contribution in [-0.4, -0.2) is 19.5 Å². The number of nitrogens with zero attached hydrogens (tertiary/aromatic N) is 4. The van der Waals surface area contributed by atoms with E-state index in [1.807, 2.05) is 18.2 Å². The van der Waals surface area contributed by atoms with Crippen LogP contribution in [-0.2, 0) is 0 Å². The van der Waals surface area contributed by atoms with Crippen molar-refractivity contribution in [1.29, 1.82) is 0 Å². The molecule has 0 N–H and O–H groups in total. The van der Waals surface area contributed by atoms with E-state index in [0.29, 0.717) is 17.5 Å². The topological polar surface area (TPSA) is 43.6 Å². The molecule has 0 aliphatic heterocycles. The molecule has 0 radical (unpaired) electrons. The van der Waals surface area contributed by atoms with Crippen LogP contribution in [0.15, 0.2) is 170 Å². The van der Waals surface area contributed by atoms with Gasteiger partial charge in [0, 0.05) is 32.8 Å². The summed E-state index contributed by atoms with van der Waals surface area (Å²) in [4.78, 5) is 15.8. The average molecular weight is 649 g/mol. The van der Waals surface area contributed by atoms with Crippen molar-refractivity contribution >= 4 is 43.4 Å². The molecule has 51 heavy (non-hydrogen) atoms. The monoisotopic (exact) mass is 648 g/mol. The molecule has 1 aliphatic rings. The van der Waals surface area contributed by atoms with Crippen molar-refractivity contribution in [3.63, 3.8) is 0 Å². The molecule has 1 aliphatic carbocycles. The van der Waals surface area contributed by atoms with Crippen molar-refractivity contribution < 1.29 is 0 Å². The summed E-state index contributed by atoms with van der Waals surface area (Å²) in [7, 11) is 0. The number of benzene rings is 8. The third-order valence-electron chi connectivity index (χ3n) is 10.4. The smallest absolute Gasteiger partial charge is 0.166 e. The van der Waals surface area contributed by atoms with Crippen molar-refractivity contribution in [3.8, 4) is 62.1 Å². The van der Waals surface area contributed by atoms with Crippen LogP contribution in [0.3, 0.4) is 0 Å². The predicted molar refractivity (Wildman–Crippen MR) is 210 cm³/mol. The van der Waals surface area contributed by atoms with Crippen LogP contribution in [0, 0.1) is 0 Å². The number of aromatic nitrogens is 4. The summed E-state index contributed by atoms with van der Waals surface area (Å²) in [6.07, 6.45) is 0. The Labute approximate surface area is 294 Å². The van der Waals surface area contributed by atoms with E-state index in [0.717, 1.165) is 44.2 Å². The molecule has 4 heteroatoms. The summed E-state index contributed by atoms with van der Waals surface area (Å²) < 4.78 is 2.39. The standard InChI is InChI=1S/C47H28N4/c1-2-14-30(15-3-1)45-48-46(32-27-31-16-12-22-38-34-18-6-7-19-35(34)40(28-32)43(31)38)50-47(49-45)39-26-25-29-13-4-5-17-33(29)44(39)51-41-23-10-8-20-36(41)37-21-9-11-24-42(37)51/h1-28H. The lowest BCUT2D eigenvalue weighted by Crippen LogP contribution is -2.04. The molecule has 236 valence electrons. The van der Waals surface area contributed by atoms with Crippen LogP contribution in [0.1, 0.15) is 0 Å².